The zero-order valence-electron chi connectivity index (χ0n) is 14.0. The summed E-state index contributed by atoms with van der Waals surface area (Å²) in [4.78, 5) is 15.7. The van der Waals surface area contributed by atoms with E-state index in [1.54, 1.807) is 13.0 Å². The average molecular weight is 335 g/mol. The second kappa shape index (κ2) is 7.09. The monoisotopic (exact) mass is 335 g/mol. The number of halogens is 1. The fourth-order valence-corrected chi connectivity index (χ4v) is 2.45. The van der Waals surface area contributed by atoms with Gasteiger partial charge < -0.3 is 10.3 Å². The van der Waals surface area contributed by atoms with Crippen LogP contribution >= 0.6 is 0 Å². The zero-order valence-corrected chi connectivity index (χ0v) is 14.0. The number of aromatic amines is 1. The standard InChI is InChI=1S/C19H18FN5/c1-4-14(11-16(20)21-3)23-19-15-10-12(2)22-18(15)24-17(25-19)13-8-6-5-7-9-13/h4-11H,3H2,1-2H3,(H2,22,23,24,25)/b14-4+,16-11-. The third-order valence-corrected chi connectivity index (χ3v) is 3.65. The summed E-state index contributed by atoms with van der Waals surface area (Å²) in [5, 5.41) is 3.98. The molecule has 2 aromatic heterocycles. The number of aromatic nitrogens is 3. The van der Waals surface area contributed by atoms with Crippen LogP contribution in [-0.4, -0.2) is 21.7 Å². The molecule has 1 aromatic carbocycles. The number of aliphatic imine (C=N–C) groups is 1. The van der Waals surface area contributed by atoms with Crippen LogP contribution in [0.3, 0.4) is 0 Å². The first-order valence-electron chi connectivity index (χ1n) is 7.80. The molecule has 2 heterocycles. The molecular formula is C19H18FN5. The van der Waals surface area contributed by atoms with E-state index in [2.05, 4.69) is 32.0 Å². The van der Waals surface area contributed by atoms with Gasteiger partial charge in [-0.05, 0) is 26.6 Å². The van der Waals surface area contributed by atoms with Crippen LogP contribution < -0.4 is 5.32 Å². The Morgan fingerprint density at radius 3 is 2.72 bits per heavy atom. The molecule has 0 saturated carbocycles. The summed E-state index contributed by atoms with van der Waals surface area (Å²) in [5.74, 6) is 0.507. The lowest BCUT2D eigenvalue weighted by atomic mass is 10.2. The van der Waals surface area contributed by atoms with Crippen molar-refractivity contribution in [2.75, 3.05) is 5.32 Å². The maximum atomic E-state index is 13.4. The number of fused-ring (bicyclic) bond motifs is 1. The van der Waals surface area contributed by atoms with E-state index in [1.165, 1.54) is 6.08 Å². The number of anilines is 1. The Morgan fingerprint density at radius 2 is 2.04 bits per heavy atom. The van der Waals surface area contributed by atoms with Crippen LogP contribution in [0.15, 0.2) is 65.2 Å². The highest BCUT2D eigenvalue weighted by atomic mass is 19.1. The molecule has 5 nitrogen and oxygen atoms in total. The van der Waals surface area contributed by atoms with Gasteiger partial charge in [0.1, 0.15) is 11.5 Å². The quantitative estimate of drug-likeness (QED) is 0.401. The normalized spacial score (nSPS) is 12.4. The Morgan fingerprint density at radius 1 is 1.28 bits per heavy atom. The van der Waals surface area contributed by atoms with Crippen LogP contribution in [-0.2, 0) is 0 Å². The van der Waals surface area contributed by atoms with Gasteiger partial charge in [0.05, 0.1) is 5.39 Å². The van der Waals surface area contributed by atoms with Crippen molar-refractivity contribution in [2.24, 2.45) is 4.99 Å². The molecule has 0 amide bonds. The van der Waals surface area contributed by atoms with E-state index < -0.39 is 5.95 Å². The van der Waals surface area contributed by atoms with E-state index in [1.807, 2.05) is 43.3 Å². The summed E-state index contributed by atoms with van der Waals surface area (Å²) in [6.07, 6.45) is 3.00. The van der Waals surface area contributed by atoms with Crippen molar-refractivity contribution >= 4 is 23.6 Å². The highest BCUT2D eigenvalue weighted by Gasteiger charge is 2.12. The lowest BCUT2D eigenvalue weighted by Crippen LogP contribution is -2.02. The minimum absolute atomic E-state index is 0.530. The van der Waals surface area contributed by atoms with Crippen molar-refractivity contribution in [2.45, 2.75) is 13.8 Å². The second-order valence-electron chi connectivity index (χ2n) is 5.47. The van der Waals surface area contributed by atoms with Crippen molar-refractivity contribution in [1.29, 1.82) is 0 Å². The number of nitrogens with one attached hydrogen (secondary N) is 2. The van der Waals surface area contributed by atoms with Crippen LogP contribution in [0.4, 0.5) is 10.2 Å². The van der Waals surface area contributed by atoms with Crippen LogP contribution in [0.1, 0.15) is 12.6 Å². The second-order valence-corrected chi connectivity index (χ2v) is 5.47. The molecule has 0 spiro atoms. The molecule has 0 aliphatic heterocycles. The maximum absolute atomic E-state index is 13.4. The largest absolute Gasteiger partial charge is 0.343 e. The highest BCUT2D eigenvalue weighted by Crippen LogP contribution is 2.26. The van der Waals surface area contributed by atoms with Crippen molar-refractivity contribution in [3.05, 3.63) is 65.9 Å². The Balaban J connectivity index is 2.11. The third kappa shape index (κ3) is 3.63. The molecule has 0 saturated heterocycles. The summed E-state index contributed by atoms with van der Waals surface area (Å²) in [6, 6.07) is 11.6. The Labute approximate surface area is 145 Å². The number of rotatable bonds is 5. The fourth-order valence-electron chi connectivity index (χ4n) is 2.45. The predicted molar refractivity (Wildman–Crippen MR) is 100 cm³/mol. The smallest absolute Gasteiger partial charge is 0.214 e. The van der Waals surface area contributed by atoms with Crippen LogP contribution in [0.5, 0.6) is 0 Å². The molecule has 25 heavy (non-hydrogen) atoms. The third-order valence-electron chi connectivity index (χ3n) is 3.65. The fraction of sp³-hybridized carbons (Fsp3) is 0.105. The first-order chi connectivity index (χ1) is 12.1. The number of hydrogen-bond donors (Lipinski definition) is 2. The first-order valence-corrected chi connectivity index (χ1v) is 7.80. The van der Waals surface area contributed by atoms with Gasteiger partial charge in [0.2, 0.25) is 5.95 Å². The molecule has 6 heteroatoms. The molecule has 0 fully saturated rings. The van der Waals surface area contributed by atoms with Crippen molar-refractivity contribution in [3.8, 4) is 11.4 Å². The van der Waals surface area contributed by atoms with Gasteiger partial charge in [-0.1, -0.05) is 36.4 Å². The predicted octanol–water partition coefficient (Wildman–Crippen LogP) is 4.76. The summed E-state index contributed by atoms with van der Waals surface area (Å²) < 4.78 is 13.4. The highest BCUT2D eigenvalue weighted by molar-refractivity contribution is 5.90. The van der Waals surface area contributed by atoms with Crippen LogP contribution in [0, 0.1) is 6.92 Å². The van der Waals surface area contributed by atoms with Crippen molar-refractivity contribution in [1.82, 2.24) is 15.0 Å². The number of allylic oxidation sites excluding steroid dienone is 2. The summed E-state index contributed by atoms with van der Waals surface area (Å²) in [6.45, 7) is 6.93. The van der Waals surface area contributed by atoms with Gasteiger partial charge in [-0.15, -0.1) is 0 Å². The van der Waals surface area contributed by atoms with Crippen LogP contribution in [0.25, 0.3) is 22.4 Å². The molecule has 0 aliphatic carbocycles. The molecule has 0 atom stereocenters. The molecule has 3 rings (SSSR count). The average Bonchev–Trinajstić information content (AvgIpc) is 3.02. The SMILES string of the molecule is C=N/C(F)=C\C(=C/C)Nc1nc(-c2ccccc2)nc2[nH]c(C)cc12. The number of aryl methyl sites for hydroxylation is 1. The maximum Gasteiger partial charge on any atom is 0.214 e. The lowest BCUT2D eigenvalue weighted by molar-refractivity contribution is 0.629. The van der Waals surface area contributed by atoms with E-state index in [0.29, 0.717) is 17.3 Å². The topological polar surface area (TPSA) is 66.0 Å². The van der Waals surface area contributed by atoms with Gasteiger partial charge in [0, 0.05) is 23.0 Å². The Kier molecular flexibility index (Phi) is 4.70. The van der Waals surface area contributed by atoms with Crippen molar-refractivity contribution in [3.63, 3.8) is 0 Å². The summed E-state index contributed by atoms with van der Waals surface area (Å²) >= 11 is 0. The van der Waals surface area contributed by atoms with E-state index >= 15 is 0 Å². The van der Waals surface area contributed by atoms with E-state index in [9.17, 15) is 4.39 Å². The minimum Gasteiger partial charge on any atom is -0.343 e. The lowest BCUT2D eigenvalue weighted by Gasteiger charge is -2.09. The summed E-state index contributed by atoms with van der Waals surface area (Å²) in [5.41, 5.74) is 3.11. The Hall–Kier alpha value is -3.28. The number of hydrogen-bond acceptors (Lipinski definition) is 4. The number of H-pyrrole nitrogens is 1. The molecule has 2 N–H and O–H groups in total. The molecule has 0 unspecified atom stereocenters. The number of nitrogens with zero attached hydrogens (tertiary/aromatic N) is 3. The molecule has 0 radical (unpaired) electrons. The van der Waals surface area contributed by atoms with Gasteiger partial charge in [0.25, 0.3) is 0 Å². The van der Waals surface area contributed by atoms with E-state index in [0.717, 1.165) is 22.3 Å². The summed E-state index contributed by atoms with van der Waals surface area (Å²) in [7, 11) is 0. The molecule has 0 aliphatic rings. The molecule has 0 bridgehead atoms. The van der Waals surface area contributed by atoms with Gasteiger partial charge in [-0.3, -0.25) is 0 Å². The van der Waals surface area contributed by atoms with Gasteiger partial charge >= 0.3 is 0 Å². The van der Waals surface area contributed by atoms with E-state index in [4.69, 9.17) is 0 Å². The molecule has 126 valence electrons. The van der Waals surface area contributed by atoms with Crippen molar-refractivity contribution < 1.29 is 4.39 Å². The molecular weight excluding hydrogens is 317 g/mol. The zero-order chi connectivity index (χ0) is 17.8. The number of benzene rings is 1. The van der Waals surface area contributed by atoms with E-state index in [-0.39, 0.29) is 0 Å². The molecule has 3 aromatic rings. The minimum atomic E-state index is -0.667. The first kappa shape index (κ1) is 16.6. The van der Waals surface area contributed by atoms with Gasteiger partial charge in [-0.25, -0.2) is 15.0 Å². The van der Waals surface area contributed by atoms with Gasteiger partial charge in [0.15, 0.2) is 5.82 Å². The van der Waals surface area contributed by atoms with Gasteiger partial charge in [-0.2, -0.15) is 4.39 Å². The van der Waals surface area contributed by atoms with Crippen LogP contribution in [0.2, 0.25) is 0 Å². The Bertz CT molecular complexity index is 970.